The van der Waals surface area contributed by atoms with Gasteiger partial charge in [-0.3, -0.25) is 9.97 Å². The number of hydrogen-bond donors (Lipinski definition) is 2. The Bertz CT molecular complexity index is 1160. The van der Waals surface area contributed by atoms with Crippen LogP contribution in [-0.2, 0) is 16.0 Å². The monoisotopic (exact) mass is 471 g/mol. The number of aliphatic hydroxyl groups is 1. The molecule has 0 radical (unpaired) electrons. The van der Waals surface area contributed by atoms with Crippen LogP contribution in [0, 0.1) is 5.82 Å². The van der Waals surface area contributed by atoms with Gasteiger partial charge in [-0.2, -0.15) is 0 Å². The first kappa shape index (κ1) is 22.7. The molecule has 1 atom stereocenters. The average molecular weight is 471 g/mol. The lowest BCUT2D eigenvalue weighted by Crippen LogP contribution is -2.44. The number of nitrogens with one attached hydrogen (secondary N) is 1. The number of methoxy groups -OCH3 is 1. The minimum absolute atomic E-state index is 0.0499. The van der Waals surface area contributed by atoms with Crippen molar-refractivity contribution in [2.75, 3.05) is 33.5 Å². The Hall–Kier alpha value is -3.05. The summed E-state index contributed by atoms with van der Waals surface area (Å²) in [4.78, 5) is 8.47. The van der Waals surface area contributed by atoms with Gasteiger partial charge < -0.3 is 34.1 Å². The van der Waals surface area contributed by atoms with Crippen molar-refractivity contribution in [3.63, 3.8) is 0 Å². The van der Waals surface area contributed by atoms with Crippen LogP contribution in [0.5, 0.6) is 17.2 Å². The highest BCUT2D eigenvalue weighted by molar-refractivity contribution is 5.84. The average Bonchev–Trinajstić information content (AvgIpc) is 2.87. The highest BCUT2D eigenvalue weighted by Crippen LogP contribution is 2.32. The molecular formula is C24H26FN3O6. The van der Waals surface area contributed by atoms with E-state index in [2.05, 4.69) is 15.3 Å². The number of benzene rings is 1. The second kappa shape index (κ2) is 10.1. The Kier molecular flexibility index (Phi) is 6.73. The van der Waals surface area contributed by atoms with Gasteiger partial charge in [-0.15, -0.1) is 0 Å². The summed E-state index contributed by atoms with van der Waals surface area (Å²) in [5.74, 6) is 1.31. The number of fused-ring (bicyclic) bond motifs is 2. The zero-order chi connectivity index (χ0) is 23.5. The van der Waals surface area contributed by atoms with Crippen LogP contribution in [0.25, 0.3) is 10.9 Å². The SMILES string of the molecule is COc1ccc2ncc(F)c([C@@H](O)CC3OCC(NCc4cc5c(cn4)OCCO5)CO3)c2c1. The van der Waals surface area contributed by atoms with E-state index in [0.717, 1.165) is 11.9 Å². The molecule has 2 aromatic heterocycles. The molecule has 4 heterocycles. The number of pyridine rings is 2. The van der Waals surface area contributed by atoms with Crippen LogP contribution in [-0.4, -0.2) is 60.9 Å². The summed E-state index contributed by atoms with van der Waals surface area (Å²) in [6.07, 6.45) is 1.07. The Morgan fingerprint density at radius 3 is 2.71 bits per heavy atom. The fraction of sp³-hybridized carbons (Fsp3) is 0.417. The second-order valence-corrected chi connectivity index (χ2v) is 8.15. The fourth-order valence-corrected chi connectivity index (χ4v) is 4.07. The van der Waals surface area contributed by atoms with Crippen LogP contribution in [0.4, 0.5) is 4.39 Å². The minimum atomic E-state index is -1.13. The Labute approximate surface area is 195 Å². The number of aliphatic hydroxyl groups excluding tert-OH is 1. The molecule has 0 unspecified atom stereocenters. The van der Waals surface area contributed by atoms with Crippen molar-refractivity contribution in [2.45, 2.75) is 31.4 Å². The molecule has 2 aliphatic heterocycles. The van der Waals surface area contributed by atoms with E-state index in [9.17, 15) is 9.50 Å². The van der Waals surface area contributed by atoms with E-state index in [0.29, 0.717) is 61.1 Å². The first-order chi connectivity index (χ1) is 16.6. The van der Waals surface area contributed by atoms with E-state index in [-0.39, 0.29) is 18.0 Å². The first-order valence-corrected chi connectivity index (χ1v) is 11.1. The molecule has 1 aromatic carbocycles. The summed E-state index contributed by atoms with van der Waals surface area (Å²) in [6.45, 7) is 2.33. The maximum Gasteiger partial charge on any atom is 0.179 e. The van der Waals surface area contributed by atoms with Crippen LogP contribution in [0.3, 0.4) is 0 Å². The highest BCUT2D eigenvalue weighted by atomic mass is 19.1. The van der Waals surface area contributed by atoms with Crippen LogP contribution >= 0.6 is 0 Å². The maximum absolute atomic E-state index is 14.6. The summed E-state index contributed by atoms with van der Waals surface area (Å²) >= 11 is 0. The summed E-state index contributed by atoms with van der Waals surface area (Å²) in [6, 6.07) is 6.94. The van der Waals surface area contributed by atoms with Crippen molar-refractivity contribution >= 4 is 10.9 Å². The number of nitrogens with zero attached hydrogens (tertiary/aromatic N) is 2. The van der Waals surface area contributed by atoms with Crippen molar-refractivity contribution < 1.29 is 33.2 Å². The Morgan fingerprint density at radius 2 is 1.91 bits per heavy atom. The van der Waals surface area contributed by atoms with Crippen molar-refractivity contribution in [3.05, 3.63) is 53.7 Å². The minimum Gasteiger partial charge on any atom is -0.497 e. The lowest BCUT2D eigenvalue weighted by Gasteiger charge is -2.31. The molecule has 0 saturated carbocycles. The maximum atomic E-state index is 14.6. The summed E-state index contributed by atoms with van der Waals surface area (Å²) < 4.78 is 42.5. The molecule has 5 rings (SSSR count). The van der Waals surface area contributed by atoms with E-state index in [1.54, 1.807) is 24.4 Å². The quantitative estimate of drug-likeness (QED) is 0.538. The number of halogens is 1. The van der Waals surface area contributed by atoms with E-state index in [4.69, 9.17) is 23.7 Å². The summed E-state index contributed by atoms with van der Waals surface area (Å²) in [7, 11) is 1.53. The molecular weight excluding hydrogens is 445 g/mol. The predicted molar refractivity (Wildman–Crippen MR) is 119 cm³/mol. The van der Waals surface area contributed by atoms with Crippen molar-refractivity contribution in [1.82, 2.24) is 15.3 Å². The largest absolute Gasteiger partial charge is 0.497 e. The molecule has 9 nitrogen and oxygen atoms in total. The molecule has 0 spiro atoms. The zero-order valence-corrected chi connectivity index (χ0v) is 18.7. The standard InChI is InChI=1S/C24H26FN3O6/c1-30-16-2-3-19-17(7-16)24(18(25)10-28-19)20(29)8-23-33-12-15(13-34-23)26-9-14-6-21-22(11-27-14)32-5-4-31-21/h2-3,6-7,10-11,15,20,23,26,29H,4-5,8-9,12-13H2,1H3/t15?,20-,23?/m0/s1. The fourth-order valence-electron chi connectivity index (χ4n) is 4.07. The molecule has 2 N–H and O–H groups in total. The van der Waals surface area contributed by atoms with Crippen LogP contribution < -0.4 is 19.5 Å². The van der Waals surface area contributed by atoms with Crippen molar-refractivity contribution in [2.24, 2.45) is 0 Å². The third-order valence-corrected chi connectivity index (χ3v) is 5.84. The van der Waals surface area contributed by atoms with E-state index in [1.165, 1.54) is 7.11 Å². The normalized spacial score (nSPS) is 20.8. The molecule has 2 aliphatic rings. The molecule has 0 bridgehead atoms. The lowest BCUT2D eigenvalue weighted by molar-refractivity contribution is -0.202. The summed E-state index contributed by atoms with van der Waals surface area (Å²) in [5.41, 5.74) is 1.54. The number of ether oxygens (including phenoxy) is 5. The van der Waals surface area contributed by atoms with Crippen LogP contribution in [0.2, 0.25) is 0 Å². The smallest absolute Gasteiger partial charge is 0.179 e. The molecule has 1 saturated heterocycles. The lowest BCUT2D eigenvalue weighted by atomic mass is 10.0. The Balaban J connectivity index is 1.16. The van der Waals surface area contributed by atoms with Gasteiger partial charge in [-0.25, -0.2) is 4.39 Å². The van der Waals surface area contributed by atoms with Crippen LogP contribution in [0.1, 0.15) is 23.8 Å². The predicted octanol–water partition coefficient (Wildman–Crippen LogP) is 2.50. The van der Waals surface area contributed by atoms with Crippen LogP contribution in [0.15, 0.2) is 36.7 Å². The molecule has 0 amide bonds. The summed E-state index contributed by atoms with van der Waals surface area (Å²) in [5, 5.41) is 14.7. The van der Waals surface area contributed by atoms with Crippen molar-refractivity contribution in [3.8, 4) is 17.2 Å². The highest BCUT2D eigenvalue weighted by Gasteiger charge is 2.27. The van der Waals surface area contributed by atoms with Gasteiger partial charge in [0, 0.05) is 30.0 Å². The first-order valence-electron chi connectivity index (χ1n) is 11.1. The number of aromatic nitrogens is 2. The molecule has 1 fully saturated rings. The molecule has 3 aromatic rings. The van der Waals surface area contributed by atoms with E-state index >= 15 is 0 Å². The number of hydrogen-bond acceptors (Lipinski definition) is 9. The van der Waals surface area contributed by atoms with Gasteiger partial charge in [0.05, 0.1) is 56.1 Å². The zero-order valence-electron chi connectivity index (χ0n) is 18.7. The molecule has 10 heteroatoms. The van der Waals surface area contributed by atoms with Gasteiger partial charge in [-0.1, -0.05) is 0 Å². The second-order valence-electron chi connectivity index (χ2n) is 8.15. The van der Waals surface area contributed by atoms with E-state index in [1.807, 2.05) is 6.07 Å². The molecule has 34 heavy (non-hydrogen) atoms. The molecule has 0 aliphatic carbocycles. The topological polar surface area (TPSA) is 104 Å². The van der Waals surface area contributed by atoms with Gasteiger partial charge in [0.15, 0.2) is 17.8 Å². The molecule has 180 valence electrons. The van der Waals surface area contributed by atoms with Crippen molar-refractivity contribution in [1.29, 1.82) is 0 Å². The Morgan fingerprint density at radius 1 is 1.12 bits per heavy atom. The number of rotatable bonds is 7. The third-order valence-electron chi connectivity index (χ3n) is 5.84. The van der Waals surface area contributed by atoms with Gasteiger partial charge in [0.25, 0.3) is 0 Å². The van der Waals surface area contributed by atoms with Gasteiger partial charge in [-0.05, 0) is 18.2 Å². The third kappa shape index (κ3) is 4.90. The van der Waals surface area contributed by atoms with Gasteiger partial charge in [0.1, 0.15) is 24.8 Å². The van der Waals surface area contributed by atoms with E-state index < -0.39 is 18.2 Å². The van der Waals surface area contributed by atoms with Gasteiger partial charge in [0.2, 0.25) is 0 Å². The van der Waals surface area contributed by atoms with Gasteiger partial charge >= 0.3 is 0 Å².